The van der Waals surface area contributed by atoms with Crippen molar-refractivity contribution >= 4 is 21.9 Å². The first-order valence-electron chi connectivity index (χ1n) is 5.38. The van der Waals surface area contributed by atoms with Crippen LogP contribution >= 0.6 is 15.9 Å². The van der Waals surface area contributed by atoms with E-state index >= 15 is 0 Å². The van der Waals surface area contributed by atoms with E-state index in [0.29, 0.717) is 0 Å². The van der Waals surface area contributed by atoms with Crippen LogP contribution in [-0.4, -0.2) is 5.97 Å². The Morgan fingerprint density at radius 1 is 1.31 bits per heavy atom. The van der Waals surface area contributed by atoms with Gasteiger partial charge < -0.3 is 4.74 Å². The molecule has 0 bridgehead atoms. The number of cyclic esters (lactones) is 1. The first-order chi connectivity index (χ1) is 7.70. The molecule has 0 radical (unpaired) electrons. The molecule has 0 unspecified atom stereocenters. The Hall–Kier alpha value is -1.09. The molecule has 1 aliphatic heterocycles. The van der Waals surface area contributed by atoms with Crippen LogP contribution in [0.4, 0.5) is 0 Å². The molecule has 0 N–H and O–H groups in total. The normalized spacial score (nSPS) is 19.5. The maximum absolute atomic E-state index is 11.5. The molecule has 1 aliphatic rings. The van der Waals surface area contributed by atoms with Crippen LogP contribution in [0.15, 0.2) is 40.4 Å². The second kappa shape index (κ2) is 4.83. The molecule has 1 atom stereocenters. The standard InChI is InChI=1S/C13H13BrO2/c1-2-3-10-8-12(16-13(10)15)9-4-6-11(14)7-5-9/h4-8,12H,2-3H2,1H3/t12-/m1/s1. The highest BCUT2D eigenvalue weighted by molar-refractivity contribution is 9.10. The van der Waals surface area contributed by atoms with Crippen molar-refractivity contribution in [1.29, 1.82) is 0 Å². The Morgan fingerprint density at radius 3 is 2.62 bits per heavy atom. The highest BCUT2D eigenvalue weighted by atomic mass is 79.9. The molecule has 0 aromatic heterocycles. The summed E-state index contributed by atoms with van der Waals surface area (Å²) in [5, 5.41) is 0. The monoisotopic (exact) mass is 280 g/mol. The molecule has 2 rings (SSSR count). The summed E-state index contributed by atoms with van der Waals surface area (Å²) in [4.78, 5) is 11.5. The molecule has 16 heavy (non-hydrogen) atoms. The number of carbonyl (C=O) groups excluding carboxylic acids is 1. The topological polar surface area (TPSA) is 26.3 Å². The summed E-state index contributed by atoms with van der Waals surface area (Å²) in [6.45, 7) is 2.06. The molecule has 0 spiro atoms. The number of benzene rings is 1. The van der Waals surface area contributed by atoms with Gasteiger partial charge in [0.05, 0.1) is 0 Å². The molecule has 1 aromatic carbocycles. The highest BCUT2D eigenvalue weighted by Crippen LogP contribution is 2.30. The van der Waals surface area contributed by atoms with Crippen molar-refractivity contribution in [3.05, 3.63) is 46.0 Å². The maximum Gasteiger partial charge on any atom is 0.334 e. The molecule has 0 fully saturated rings. The van der Waals surface area contributed by atoms with Gasteiger partial charge in [-0.3, -0.25) is 0 Å². The summed E-state index contributed by atoms with van der Waals surface area (Å²) in [7, 11) is 0. The Bertz CT molecular complexity index is 420. The van der Waals surface area contributed by atoms with Crippen molar-refractivity contribution in [2.24, 2.45) is 0 Å². The van der Waals surface area contributed by atoms with E-state index in [-0.39, 0.29) is 12.1 Å². The van der Waals surface area contributed by atoms with Gasteiger partial charge in [-0.15, -0.1) is 0 Å². The SMILES string of the molecule is CCCC1=C[C@H](c2ccc(Br)cc2)OC1=O. The molecular formula is C13H13BrO2. The Morgan fingerprint density at radius 2 is 2.00 bits per heavy atom. The van der Waals surface area contributed by atoms with E-state index in [1.54, 1.807) is 0 Å². The lowest BCUT2D eigenvalue weighted by Crippen LogP contribution is -2.02. The number of carbonyl (C=O) groups is 1. The average molecular weight is 281 g/mol. The van der Waals surface area contributed by atoms with Crippen molar-refractivity contribution in [2.45, 2.75) is 25.9 Å². The third kappa shape index (κ3) is 2.35. The second-order valence-corrected chi connectivity index (χ2v) is 4.74. The van der Waals surface area contributed by atoms with Gasteiger partial charge in [0.2, 0.25) is 0 Å². The van der Waals surface area contributed by atoms with Crippen LogP contribution in [-0.2, 0) is 9.53 Å². The number of halogens is 1. The summed E-state index contributed by atoms with van der Waals surface area (Å²) in [5.74, 6) is -0.172. The molecule has 1 heterocycles. The van der Waals surface area contributed by atoms with Crippen LogP contribution in [0, 0.1) is 0 Å². The van der Waals surface area contributed by atoms with Gasteiger partial charge in [0, 0.05) is 10.0 Å². The minimum Gasteiger partial charge on any atom is -0.450 e. The molecule has 3 heteroatoms. The van der Waals surface area contributed by atoms with E-state index in [1.807, 2.05) is 30.3 Å². The van der Waals surface area contributed by atoms with Crippen LogP contribution < -0.4 is 0 Å². The van der Waals surface area contributed by atoms with Crippen LogP contribution in [0.2, 0.25) is 0 Å². The highest BCUT2D eigenvalue weighted by Gasteiger charge is 2.25. The summed E-state index contributed by atoms with van der Waals surface area (Å²) in [5.41, 5.74) is 1.82. The Kier molecular flexibility index (Phi) is 3.44. The molecule has 0 amide bonds. The lowest BCUT2D eigenvalue weighted by atomic mass is 10.1. The summed E-state index contributed by atoms with van der Waals surface area (Å²) < 4.78 is 6.33. The number of hydrogen-bond donors (Lipinski definition) is 0. The molecule has 0 saturated heterocycles. The fourth-order valence-corrected chi connectivity index (χ4v) is 2.01. The Balaban J connectivity index is 2.18. The van der Waals surface area contributed by atoms with Gasteiger partial charge in [-0.05, 0) is 30.2 Å². The molecule has 2 nitrogen and oxygen atoms in total. The van der Waals surface area contributed by atoms with Gasteiger partial charge in [-0.1, -0.05) is 41.4 Å². The van der Waals surface area contributed by atoms with Gasteiger partial charge in [-0.25, -0.2) is 4.79 Å². The summed E-state index contributed by atoms with van der Waals surface area (Å²) in [6.07, 6.45) is 3.48. The zero-order valence-electron chi connectivity index (χ0n) is 9.07. The molecule has 0 aliphatic carbocycles. The van der Waals surface area contributed by atoms with E-state index in [2.05, 4.69) is 22.9 Å². The maximum atomic E-state index is 11.5. The Labute approximate surface area is 103 Å². The van der Waals surface area contributed by atoms with Crippen molar-refractivity contribution in [2.75, 3.05) is 0 Å². The van der Waals surface area contributed by atoms with Crippen LogP contribution in [0.3, 0.4) is 0 Å². The predicted molar refractivity (Wildman–Crippen MR) is 66.0 cm³/mol. The van der Waals surface area contributed by atoms with E-state index in [0.717, 1.165) is 28.5 Å². The van der Waals surface area contributed by atoms with E-state index in [1.165, 1.54) is 0 Å². The fraction of sp³-hybridized carbons (Fsp3) is 0.308. The summed E-state index contributed by atoms with van der Waals surface area (Å²) >= 11 is 3.38. The molecule has 1 aromatic rings. The lowest BCUT2D eigenvalue weighted by Gasteiger charge is -2.07. The van der Waals surface area contributed by atoms with Gasteiger partial charge in [0.25, 0.3) is 0 Å². The number of rotatable bonds is 3. The van der Waals surface area contributed by atoms with Crippen LogP contribution in [0.5, 0.6) is 0 Å². The molecule has 84 valence electrons. The van der Waals surface area contributed by atoms with Crippen LogP contribution in [0.1, 0.15) is 31.4 Å². The third-order valence-electron chi connectivity index (χ3n) is 2.57. The largest absolute Gasteiger partial charge is 0.450 e. The average Bonchev–Trinajstić information content (AvgIpc) is 2.62. The smallest absolute Gasteiger partial charge is 0.334 e. The van der Waals surface area contributed by atoms with Gasteiger partial charge in [0.15, 0.2) is 0 Å². The first-order valence-corrected chi connectivity index (χ1v) is 6.17. The van der Waals surface area contributed by atoms with Crippen molar-refractivity contribution in [3.8, 4) is 0 Å². The van der Waals surface area contributed by atoms with E-state index in [9.17, 15) is 4.79 Å². The van der Waals surface area contributed by atoms with Crippen molar-refractivity contribution in [3.63, 3.8) is 0 Å². The van der Waals surface area contributed by atoms with Gasteiger partial charge in [-0.2, -0.15) is 0 Å². The zero-order chi connectivity index (χ0) is 11.5. The van der Waals surface area contributed by atoms with Crippen molar-refractivity contribution < 1.29 is 9.53 Å². The third-order valence-corrected chi connectivity index (χ3v) is 3.10. The first kappa shape index (κ1) is 11.4. The lowest BCUT2D eigenvalue weighted by molar-refractivity contribution is -0.140. The van der Waals surface area contributed by atoms with Gasteiger partial charge in [0.1, 0.15) is 6.10 Å². The van der Waals surface area contributed by atoms with E-state index < -0.39 is 0 Å². The second-order valence-electron chi connectivity index (χ2n) is 3.82. The summed E-state index contributed by atoms with van der Waals surface area (Å²) in [6, 6.07) is 7.84. The zero-order valence-corrected chi connectivity index (χ0v) is 10.7. The number of hydrogen-bond acceptors (Lipinski definition) is 2. The van der Waals surface area contributed by atoms with Gasteiger partial charge >= 0.3 is 5.97 Å². The fourth-order valence-electron chi connectivity index (χ4n) is 1.75. The van der Waals surface area contributed by atoms with Crippen LogP contribution in [0.25, 0.3) is 0 Å². The predicted octanol–water partition coefficient (Wildman–Crippen LogP) is 3.77. The number of esters is 1. The van der Waals surface area contributed by atoms with E-state index in [4.69, 9.17) is 4.74 Å². The van der Waals surface area contributed by atoms with Crippen molar-refractivity contribution in [1.82, 2.24) is 0 Å². The molecule has 0 saturated carbocycles. The number of ether oxygens (including phenoxy) is 1. The minimum absolute atomic E-state index is 0.172. The molecular weight excluding hydrogens is 268 g/mol. The minimum atomic E-state index is -0.206. The quantitative estimate of drug-likeness (QED) is 0.788.